The fraction of sp³-hybridized carbons (Fsp3) is 0.571. The van der Waals surface area contributed by atoms with Crippen molar-refractivity contribution in [3.63, 3.8) is 0 Å². The first-order valence-electron chi connectivity index (χ1n) is 6.67. The fourth-order valence-corrected chi connectivity index (χ4v) is 2.65. The Labute approximate surface area is 120 Å². The molecule has 1 heterocycles. The fourth-order valence-electron chi connectivity index (χ4n) is 2.35. The number of anilines is 1. The number of likely N-dealkylation sites (N-methyl/N-ethyl adjacent to an activating group) is 2. The monoisotopic (exact) mass is 283 g/mol. The van der Waals surface area contributed by atoms with Gasteiger partial charge in [0, 0.05) is 32.7 Å². The predicted molar refractivity (Wildman–Crippen MR) is 80.0 cm³/mol. The highest BCUT2D eigenvalue weighted by molar-refractivity contribution is 6.33. The van der Waals surface area contributed by atoms with E-state index in [1.165, 1.54) is 0 Å². The lowest BCUT2D eigenvalue weighted by Gasteiger charge is -2.34. The van der Waals surface area contributed by atoms with Crippen LogP contribution in [0, 0.1) is 0 Å². The van der Waals surface area contributed by atoms with E-state index >= 15 is 0 Å². The van der Waals surface area contributed by atoms with Crippen molar-refractivity contribution in [2.24, 2.45) is 0 Å². The number of aliphatic hydroxyl groups excluding tert-OH is 1. The Kier molecular flexibility index (Phi) is 5.05. The van der Waals surface area contributed by atoms with Gasteiger partial charge in [-0.3, -0.25) is 0 Å². The third-order valence-electron chi connectivity index (χ3n) is 3.60. The Morgan fingerprint density at radius 2 is 2.00 bits per heavy atom. The molecule has 4 nitrogen and oxygen atoms in total. The van der Waals surface area contributed by atoms with E-state index in [4.69, 9.17) is 11.6 Å². The maximum Gasteiger partial charge on any atom is 0.0914 e. The van der Waals surface area contributed by atoms with Gasteiger partial charge in [0.25, 0.3) is 0 Å². The molecule has 1 aliphatic rings. The summed E-state index contributed by atoms with van der Waals surface area (Å²) in [7, 11) is 3.96. The zero-order valence-corrected chi connectivity index (χ0v) is 12.3. The zero-order valence-electron chi connectivity index (χ0n) is 11.6. The number of halogens is 1. The second kappa shape index (κ2) is 6.57. The first kappa shape index (κ1) is 14.6. The predicted octanol–water partition coefficient (Wildman–Crippen LogP) is 1.34. The molecule has 19 heavy (non-hydrogen) atoms. The van der Waals surface area contributed by atoms with E-state index in [2.05, 4.69) is 22.2 Å². The summed E-state index contributed by atoms with van der Waals surface area (Å²) in [4.78, 5) is 4.62. The molecule has 1 fully saturated rings. The molecule has 0 bridgehead atoms. The van der Waals surface area contributed by atoms with E-state index < -0.39 is 6.10 Å². The van der Waals surface area contributed by atoms with Gasteiger partial charge in [-0.15, -0.1) is 0 Å². The summed E-state index contributed by atoms with van der Waals surface area (Å²) in [5, 5.41) is 13.6. The number of rotatable bonds is 4. The van der Waals surface area contributed by atoms with E-state index in [0.29, 0.717) is 6.54 Å². The van der Waals surface area contributed by atoms with Crippen LogP contribution in [-0.2, 0) is 0 Å². The Hall–Kier alpha value is -0.810. The molecule has 0 aromatic heterocycles. The van der Waals surface area contributed by atoms with Crippen molar-refractivity contribution in [2.45, 2.75) is 6.10 Å². The molecular weight excluding hydrogens is 262 g/mol. The molecule has 1 unspecified atom stereocenters. The topological polar surface area (TPSA) is 38.7 Å². The van der Waals surface area contributed by atoms with Crippen LogP contribution < -0.4 is 10.2 Å². The van der Waals surface area contributed by atoms with Crippen LogP contribution in [0.15, 0.2) is 18.2 Å². The van der Waals surface area contributed by atoms with E-state index in [1.807, 2.05) is 25.2 Å². The van der Waals surface area contributed by atoms with Gasteiger partial charge < -0.3 is 20.2 Å². The Balaban J connectivity index is 2.10. The molecule has 106 valence electrons. The van der Waals surface area contributed by atoms with Gasteiger partial charge in [0.15, 0.2) is 0 Å². The molecule has 0 amide bonds. The molecule has 2 rings (SSSR count). The SMILES string of the molecule is CNCC(O)c1ccc(N2CCN(C)CC2)c(Cl)c1. The number of aliphatic hydroxyl groups is 1. The summed E-state index contributed by atoms with van der Waals surface area (Å²) in [5.41, 5.74) is 1.92. The highest BCUT2D eigenvalue weighted by Crippen LogP contribution is 2.29. The summed E-state index contributed by atoms with van der Waals surface area (Å²) in [6, 6.07) is 5.85. The molecule has 2 N–H and O–H groups in total. The molecule has 1 aromatic rings. The number of nitrogens with one attached hydrogen (secondary N) is 1. The lowest BCUT2D eigenvalue weighted by atomic mass is 10.1. The summed E-state index contributed by atoms with van der Waals surface area (Å²) < 4.78 is 0. The van der Waals surface area contributed by atoms with Crippen LogP contribution in [0.25, 0.3) is 0 Å². The maximum atomic E-state index is 9.94. The van der Waals surface area contributed by atoms with Crippen molar-refractivity contribution < 1.29 is 5.11 Å². The first-order chi connectivity index (χ1) is 9.11. The molecule has 1 aromatic carbocycles. The molecule has 5 heteroatoms. The van der Waals surface area contributed by atoms with E-state index in [-0.39, 0.29) is 0 Å². The third-order valence-corrected chi connectivity index (χ3v) is 3.90. The third kappa shape index (κ3) is 3.60. The lowest BCUT2D eigenvalue weighted by molar-refractivity contribution is 0.178. The van der Waals surface area contributed by atoms with Gasteiger partial charge >= 0.3 is 0 Å². The maximum absolute atomic E-state index is 9.94. The Morgan fingerprint density at radius 1 is 1.32 bits per heavy atom. The normalized spacial score (nSPS) is 18.6. The molecule has 0 saturated carbocycles. The summed E-state index contributed by atoms with van der Waals surface area (Å²) in [6.45, 7) is 4.63. The molecule has 1 atom stereocenters. The minimum Gasteiger partial charge on any atom is -0.387 e. The van der Waals surface area contributed by atoms with Crippen LogP contribution in [0.2, 0.25) is 5.02 Å². The Morgan fingerprint density at radius 3 is 2.58 bits per heavy atom. The van der Waals surface area contributed by atoms with Crippen molar-refractivity contribution in [3.05, 3.63) is 28.8 Å². The van der Waals surface area contributed by atoms with E-state index in [1.54, 1.807) is 0 Å². The van der Waals surface area contributed by atoms with Crippen molar-refractivity contribution >= 4 is 17.3 Å². The zero-order chi connectivity index (χ0) is 13.8. The van der Waals surface area contributed by atoms with Gasteiger partial charge in [0.05, 0.1) is 16.8 Å². The number of nitrogens with zero attached hydrogens (tertiary/aromatic N) is 2. The molecular formula is C14H22ClN3O. The van der Waals surface area contributed by atoms with Crippen LogP contribution in [-0.4, -0.2) is 56.8 Å². The van der Waals surface area contributed by atoms with Gasteiger partial charge in [0.2, 0.25) is 0 Å². The molecule has 1 saturated heterocycles. The van der Waals surface area contributed by atoms with Crippen molar-refractivity contribution in [2.75, 3.05) is 51.7 Å². The van der Waals surface area contributed by atoms with Crippen LogP contribution >= 0.6 is 11.6 Å². The van der Waals surface area contributed by atoms with Crippen LogP contribution in [0.3, 0.4) is 0 Å². The highest BCUT2D eigenvalue weighted by atomic mass is 35.5. The number of hydrogen-bond acceptors (Lipinski definition) is 4. The number of hydrogen-bond donors (Lipinski definition) is 2. The first-order valence-corrected chi connectivity index (χ1v) is 7.05. The van der Waals surface area contributed by atoms with Crippen molar-refractivity contribution in [3.8, 4) is 0 Å². The van der Waals surface area contributed by atoms with Crippen molar-refractivity contribution in [1.29, 1.82) is 0 Å². The van der Waals surface area contributed by atoms with E-state index in [0.717, 1.165) is 42.5 Å². The lowest BCUT2D eigenvalue weighted by Crippen LogP contribution is -2.44. The second-order valence-corrected chi connectivity index (χ2v) is 5.48. The Bertz CT molecular complexity index is 419. The van der Waals surface area contributed by atoms with Crippen LogP contribution in [0.4, 0.5) is 5.69 Å². The second-order valence-electron chi connectivity index (χ2n) is 5.07. The number of piperazine rings is 1. The van der Waals surface area contributed by atoms with Gasteiger partial charge in [0.1, 0.15) is 0 Å². The molecule has 1 aliphatic heterocycles. The smallest absolute Gasteiger partial charge is 0.0914 e. The van der Waals surface area contributed by atoms with Crippen LogP contribution in [0.1, 0.15) is 11.7 Å². The van der Waals surface area contributed by atoms with Gasteiger partial charge in [-0.05, 0) is 31.8 Å². The van der Waals surface area contributed by atoms with Gasteiger partial charge in [-0.2, -0.15) is 0 Å². The standard InChI is InChI=1S/C14H22ClN3O/c1-16-10-14(19)11-3-4-13(12(15)9-11)18-7-5-17(2)6-8-18/h3-4,9,14,16,19H,5-8,10H2,1-2H3. The molecule has 0 aliphatic carbocycles. The average molecular weight is 284 g/mol. The minimum absolute atomic E-state index is 0.510. The molecule has 0 spiro atoms. The summed E-state index contributed by atoms with van der Waals surface area (Å²) >= 11 is 6.36. The summed E-state index contributed by atoms with van der Waals surface area (Å²) in [5.74, 6) is 0. The van der Waals surface area contributed by atoms with Gasteiger partial charge in [-0.25, -0.2) is 0 Å². The van der Waals surface area contributed by atoms with E-state index in [9.17, 15) is 5.11 Å². The van der Waals surface area contributed by atoms with Crippen molar-refractivity contribution in [1.82, 2.24) is 10.2 Å². The summed E-state index contributed by atoms with van der Waals surface area (Å²) in [6.07, 6.45) is -0.510. The van der Waals surface area contributed by atoms with Gasteiger partial charge in [-0.1, -0.05) is 17.7 Å². The highest BCUT2D eigenvalue weighted by Gasteiger charge is 2.17. The molecule has 0 radical (unpaired) electrons. The largest absolute Gasteiger partial charge is 0.387 e. The average Bonchev–Trinajstić information content (AvgIpc) is 2.40. The van der Waals surface area contributed by atoms with Crippen LogP contribution in [0.5, 0.6) is 0 Å². The number of benzene rings is 1. The minimum atomic E-state index is -0.510. The quantitative estimate of drug-likeness (QED) is 0.875.